The summed E-state index contributed by atoms with van der Waals surface area (Å²) in [7, 11) is 0. The first-order valence-electron chi connectivity index (χ1n) is 5.89. The Labute approximate surface area is 95.5 Å². The van der Waals surface area contributed by atoms with Gasteiger partial charge in [-0.1, -0.05) is 12.8 Å². The summed E-state index contributed by atoms with van der Waals surface area (Å²) < 4.78 is 12.8. The molecule has 1 heterocycles. The van der Waals surface area contributed by atoms with Crippen LogP contribution in [0.15, 0.2) is 18.3 Å². The summed E-state index contributed by atoms with van der Waals surface area (Å²) in [5, 5.41) is 0. The van der Waals surface area contributed by atoms with Crippen LogP contribution in [0.25, 0.3) is 0 Å². The van der Waals surface area contributed by atoms with Crippen molar-refractivity contribution in [3.05, 3.63) is 24.1 Å². The van der Waals surface area contributed by atoms with E-state index in [1.165, 1.54) is 37.9 Å². The zero-order valence-electron chi connectivity index (χ0n) is 9.40. The molecule has 0 amide bonds. The predicted molar refractivity (Wildman–Crippen MR) is 62.9 cm³/mol. The molecule has 1 saturated carbocycles. The third-order valence-electron chi connectivity index (χ3n) is 3.14. The fourth-order valence-corrected chi connectivity index (χ4v) is 2.38. The summed E-state index contributed by atoms with van der Waals surface area (Å²) in [6, 6.07) is 3.73. The van der Waals surface area contributed by atoms with E-state index in [9.17, 15) is 4.39 Å². The average Bonchev–Trinajstić information content (AvgIpc) is 2.81. The number of anilines is 1. The molecule has 0 atom stereocenters. The van der Waals surface area contributed by atoms with Gasteiger partial charge in [0.2, 0.25) is 0 Å². The quantitative estimate of drug-likeness (QED) is 0.848. The Bertz CT molecular complexity index is 320. The van der Waals surface area contributed by atoms with Gasteiger partial charge in [-0.05, 0) is 25.0 Å². The lowest BCUT2D eigenvalue weighted by Crippen LogP contribution is -2.37. The Morgan fingerprint density at radius 1 is 1.38 bits per heavy atom. The number of halogens is 1. The van der Waals surface area contributed by atoms with Gasteiger partial charge < -0.3 is 10.6 Å². The van der Waals surface area contributed by atoms with E-state index in [2.05, 4.69) is 9.88 Å². The van der Waals surface area contributed by atoms with E-state index < -0.39 is 0 Å². The maximum absolute atomic E-state index is 12.8. The molecule has 3 nitrogen and oxygen atoms in total. The number of aromatic nitrogens is 1. The first-order chi connectivity index (χ1) is 7.81. The van der Waals surface area contributed by atoms with Crippen LogP contribution in [0.3, 0.4) is 0 Å². The van der Waals surface area contributed by atoms with Gasteiger partial charge in [0, 0.05) is 19.1 Å². The molecule has 0 saturated heterocycles. The second-order valence-electron chi connectivity index (χ2n) is 4.25. The summed E-state index contributed by atoms with van der Waals surface area (Å²) >= 11 is 0. The Balaban J connectivity index is 2.14. The van der Waals surface area contributed by atoms with E-state index in [-0.39, 0.29) is 5.82 Å². The Morgan fingerprint density at radius 3 is 2.69 bits per heavy atom. The van der Waals surface area contributed by atoms with E-state index in [0.717, 1.165) is 12.4 Å². The molecule has 1 fully saturated rings. The summed E-state index contributed by atoms with van der Waals surface area (Å²) in [6.45, 7) is 1.40. The molecule has 1 aromatic rings. The summed E-state index contributed by atoms with van der Waals surface area (Å²) in [4.78, 5) is 6.35. The normalized spacial score (nSPS) is 16.6. The third kappa shape index (κ3) is 2.50. The summed E-state index contributed by atoms with van der Waals surface area (Å²) in [6.07, 6.45) is 6.20. The SMILES string of the molecule is NCCN(c1ccc(F)cn1)C1CCCC1. The first kappa shape index (κ1) is 11.3. The number of hydrogen-bond donors (Lipinski definition) is 1. The molecular weight excluding hydrogens is 205 g/mol. The van der Waals surface area contributed by atoms with E-state index in [1.807, 2.05) is 0 Å². The molecule has 88 valence electrons. The lowest BCUT2D eigenvalue weighted by atomic mass is 10.2. The van der Waals surface area contributed by atoms with Crippen LogP contribution in [0.2, 0.25) is 0 Å². The highest BCUT2D eigenvalue weighted by Crippen LogP contribution is 2.26. The highest BCUT2D eigenvalue weighted by atomic mass is 19.1. The number of hydrogen-bond acceptors (Lipinski definition) is 3. The molecule has 0 spiro atoms. The van der Waals surface area contributed by atoms with Crippen molar-refractivity contribution < 1.29 is 4.39 Å². The van der Waals surface area contributed by atoms with Gasteiger partial charge in [0.05, 0.1) is 6.20 Å². The predicted octanol–water partition coefficient (Wildman–Crippen LogP) is 1.93. The molecule has 4 heteroatoms. The fourth-order valence-electron chi connectivity index (χ4n) is 2.38. The van der Waals surface area contributed by atoms with Gasteiger partial charge in [-0.2, -0.15) is 0 Å². The number of rotatable bonds is 4. The van der Waals surface area contributed by atoms with Crippen LogP contribution >= 0.6 is 0 Å². The van der Waals surface area contributed by atoms with Crippen molar-refractivity contribution >= 4 is 5.82 Å². The van der Waals surface area contributed by atoms with Crippen LogP contribution in [-0.4, -0.2) is 24.1 Å². The maximum Gasteiger partial charge on any atom is 0.141 e. The largest absolute Gasteiger partial charge is 0.352 e. The third-order valence-corrected chi connectivity index (χ3v) is 3.14. The lowest BCUT2D eigenvalue weighted by molar-refractivity contribution is 0.593. The van der Waals surface area contributed by atoms with Crippen LogP contribution < -0.4 is 10.6 Å². The topological polar surface area (TPSA) is 42.1 Å². The molecule has 0 bridgehead atoms. The molecule has 0 aliphatic heterocycles. The molecule has 1 aliphatic carbocycles. The molecule has 2 N–H and O–H groups in total. The van der Waals surface area contributed by atoms with E-state index in [0.29, 0.717) is 12.6 Å². The fraction of sp³-hybridized carbons (Fsp3) is 0.583. The maximum atomic E-state index is 12.8. The highest BCUT2D eigenvalue weighted by molar-refractivity contribution is 5.39. The van der Waals surface area contributed by atoms with Crippen molar-refractivity contribution in [1.82, 2.24) is 4.98 Å². The molecule has 2 rings (SSSR count). The van der Waals surface area contributed by atoms with E-state index >= 15 is 0 Å². The van der Waals surface area contributed by atoms with Gasteiger partial charge in [0.1, 0.15) is 11.6 Å². The zero-order chi connectivity index (χ0) is 11.4. The first-order valence-corrected chi connectivity index (χ1v) is 5.89. The van der Waals surface area contributed by atoms with Crippen LogP contribution in [-0.2, 0) is 0 Å². The number of pyridine rings is 1. The van der Waals surface area contributed by atoms with Crippen molar-refractivity contribution in [1.29, 1.82) is 0 Å². The van der Waals surface area contributed by atoms with Crippen LogP contribution in [0, 0.1) is 5.82 Å². The Kier molecular flexibility index (Phi) is 3.72. The molecule has 1 aliphatic rings. The molecule has 0 unspecified atom stereocenters. The van der Waals surface area contributed by atoms with Gasteiger partial charge in [-0.15, -0.1) is 0 Å². The van der Waals surface area contributed by atoms with Crippen molar-refractivity contribution in [3.8, 4) is 0 Å². The minimum absolute atomic E-state index is 0.289. The number of nitrogens with two attached hydrogens (primary N) is 1. The smallest absolute Gasteiger partial charge is 0.141 e. The van der Waals surface area contributed by atoms with E-state index in [4.69, 9.17) is 5.73 Å². The van der Waals surface area contributed by atoms with Gasteiger partial charge in [0.15, 0.2) is 0 Å². The van der Waals surface area contributed by atoms with Gasteiger partial charge in [-0.3, -0.25) is 0 Å². The number of nitrogens with zero attached hydrogens (tertiary/aromatic N) is 2. The van der Waals surface area contributed by atoms with Gasteiger partial charge >= 0.3 is 0 Å². The summed E-state index contributed by atoms with van der Waals surface area (Å²) in [5.74, 6) is 0.557. The van der Waals surface area contributed by atoms with E-state index in [1.54, 1.807) is 6.07 Å². The molecular formula is C12H18FN3. The van der Waals surface area contributed by atoms with Gasteiger partial charge in [-0.25, -0.2) is 9.37 Å². The average molecular weight is 223 g/mol. The van der Waals surface area contributed by atoms with Crippen molar-refractivity contribution in [2.45, 2.75) is 31.7 Å². The second-order valence-corrected chi connectivity index (χ2v) is 4.25. The van der Waals surface area contributed by atoms with Gasteiger partial charge in [0.25, 0.3) is 0 Å². The minimum Gasteiger partial charge on any atom is -0.352 e. The zero-order valence-corrected chi connectivity index (χ0v) is 9.40. The molecule has 1 aromatic heterocycles. The summed E-state index contributed by atoms with van der Waals surface area (Å²) in [5.41, 5.74) is 5.62. The minimum atomic E-state index is -0.289. The Hall–Kier alpha value is -1.16. The highest BCUT2D eigenvalue weighted by Gasteiger charge is 2.22. The monoisotopic (exact) mass is 223 g/mol. The van der Waals surface area contributed by atoms with Crippen molar-refractivity contribution in [3.63, 3.8) is 0 Å². The lowest BCUT2D eigenvalue weighted by Gasteiger charge is -2.29. The second kappa shape index (κ2) is 5.25. The molecule has 16 heavy (non-hydrogen) atoms. The molecule has 0 aromatic carbocycles. The van der Waals surface area contributed by atoms with Crippen LogP contribution in [0.4, 0.5) is 10.2 Å². The Morgan fingerprint density at radius 2 is 2.12 bits per heavy atom. The van der Waals surface area contributed by atoms with Crippen molar-refractivity contribution in [2.24, 2.45) is 5.73 Å². The standard InChI is InChI=1S/C12H18FN3/c13-10-5-6-12(15-9-10)16(8-7-14)11-3-1-2-4-11/h5-6,9,11H,1-4,7-8,14H2. The molecule has 0 radical (unpaired) electrons. The van der Waals surface area contributed by atoms with Crippen LogP contribution in [0.1, 0.15) is 25.7 Å². The van der Waals surface area contributed by atoms with Crippen LogP contribution in [0.5, 0.6) is 0 Å². The van der Waals surface area contributed by atoms with Crippen molar-refractivity contribution in [2.75, 3.05) is 18.0 Å².